The smallest absolute Gasteiger partial charge is 0.258 e. The lowest BCUT2D eigenvalue weighted by Crippen LogP contribution is -2.31. The predicted octanol–water partition coefficient (Wildman–Crippen LogP) is 4.13. The van der Waals surface area contributed by atoms with Crippen molar-refractivity contribution in [3.8, 4) is 17.6 Å². The minimum atomic E-state index is -0.315. The number of carbonyl (C=O) groups excluding carboxylic acids is 1. The lowest BCUT2D eigenvalue weighted by Gasteiger charge is -2.17. The van der Waals surface area contributed by atoms with Crippen molar-refractivity contribution < 1.29 is 14.3 Å². The van der Waals surface area contributed by atoms with Crippen LogP contribution in [-0.4, -0.2) is 19.6 Å². The van der Waals surface area contributed by atoms with Crippen LogP contribution in [0.3, 0.4) is 0 Å². The number of hydrogen-bond donors (Lipinski definition) is 1. The Bertz CT molecular complexity index is 818. The number of halogens is 2. The van der Waals surface area contributed by atoms with Gasteiger partial charge in [-0.05, 0) is 36.8 Å². The summed E-state index contributed by atoms with van der Waals surface area (Å²) in [6.45, 7) is 1.62. The van der Waals surface area contributed by atoms with Gasteiger partial charge < -0.3 is 14.8 Å². The van der Waals surface area contributed by atoms with Crippen LogP contribution < -0.4 is 14.8 Å². The second kappa shape index (κ2) is 8.61. The Hall–Kier alpha value is -2.42. The summed E-state index contributed by atoms with van der Waals surface area (Å²) in [6, 6.07) is 11.5. The van der Waals surface area contributed by atoms with E-state index in [2.05, 4.69) is 5.32 Å². The fourth-order valence-corrected chi connectivity index (χ4v) is 2.79. The summed E-state index contributed by atoms with van der Waals surface area (Å²) >= 11 is 12.0. The second-order valence-electron chi connectivity index (χ2n) is 5.22. The van der Waals surface area contributed by atoms with Crippen molar-refractivity contribution in [1.82, 2.24) is 5.32 Å². The molecule has 0 spiro atoms. The van der Waals surface area contributed by atoms with Gasteiger partial charge in [-0.15, -0.1) is 0 Å². The number of nitrogens with one attached hydrogen (secondary N) is 1. The first-order chi connectivity index (χ1) is 11.9. The van der Waals surface area contributed by atoms with Crippen molar-refractivity contribution in [3.63, 3.8) is 0 Å². The van der Waals surface area contributed by atoms with E-state index in [1.54, 1.807) is 36.4 Å². The molecule has 1 atom stereocenters. The molecule has 1 amide bonds. The van der Waals surface area contributed by atoms with Crippen molar-refractivity contribution in [2.45, 2.75) is 13.0 Å². The number of nitrogens with zero attached hydrogens (tertiary/aromatic N) is 1. The topological polar surface area (TPSA) is 71.3 Å². The Kier molecular flexibility index (Phi) is 6.51. The van der Waals surface area contributed by atoms with E-state index in [0.717, 1.165) is 5.56 Å². The van der Waals surface area contributed by atoms with Crippen molar-refractivity contribution in [2.75, 3.05) is 13.7 Å². The fraction of sp³-hybridized carbons (Fsp3) is 0.222. The van der Waals surface area contributed by atoms with Crippen LogP contribution in [0, 0.1) is 11.3 Å². The van der Waals surface area contributed by atoms with Gasteiger partial charge in [-0.3, -0.25) is 4.79 Å². The van der Waals surface area contributed by atoms with Gasteiger partial charge in [0.1, 0.15) is 0 Å². The average molecular weight is 379 g/mol. The van der Waals surface area contributed by atoms with E-state index in [1.807, 2.05) is 13.0 Å². The predicted molar refractivity (Wildman–Crippen MR) is 96.2 cm³/mol. The molecule has 130 valence electrons. The number of hydrogen-bond acceptors (Lipinski definition) is 4. The molecule has 25 heavy (non-hydrogen) atoms. The summed E-state index contributed by atoms with van der Waals surface area (Å²) < 4.78 is 10.6. The van der Waals surface area contributed by atoms with Gasteiger partial charge in [-0.1, -0.05) is 29.3 Å². The maximum atomic E-state index is 12.1. The van der Waals surface area contributed by atoms with E-state index in [-0.39, 0.29) is 18.6 Å². The van der Waals surface area contributed by atoms with E-state index in [9.17, 15) is 4.79 Å². The van der Waals surface area contributed by atoms with Crippen LogP contribution in [0.15, 0.2) is 36.4 Å². The molecule has 0 aliphatic heterocycles. The summed E-state index contributed by atoms with van der Waals surface area (Å²) in [4.78, 5) is 12.1. The van der Waals surface area contributed by atoms with E-state index in [0.29, 0.717) is 27.1 Å². The normalized spacial score (nSPS) is 11.3. The Morgan fingerprint density at radius 3 is 2.64 bits per heavy atom. The summed E-state index contributed by atoms with van der Waals surface area (Å²) in [6.07, 6.45) is 0. The lowest BCUT2D eigenvalue weighted by atomic mass is 10.1. The molecule has 1 N–H and O–H groups in total. The highest BCUT2D eigenvalue weighted by Crippen LogP contribution is 2.28. The molecule has 0 aliphatic rings. The molecule has 7 heteroatoms. The lowest BCUT2D eigenvalue weighted by molar-refractivity contribution is -0.123. The van der Waals surface area contributed by atoms with Crippen molar-refractivity contribution in [3.05, 3.63) is 57.6 Å². The van der Waals surface area contributed by atoms with Gasteiger partial charge in [0.05, 0.1) is 24.8 Å². The SMILES string of the molecule is COc1cc(C#N)ccc1OCC(=O)N[C@H](C)c1ccc(Cl)cc1Cl. The monoisotopic (exact) mass is 378 g/mol. The molecule has 5 nitrogen and oxygen atoms in total. The van der Waals surface area contributed by atoms with Gasteiger partial charge in [0, 0.05) is 16.1 Å². The highest BCUT2D eigenvalue weighted by molar-refractivity contribution is 6.35. The minimum Gasteiger partial charge on any atom is -0.493 e. The number of amides is 1. The van der Waals surface area contributed by atoms with Crippen LogP contribution in [0.2, 0.25) is 10.0 Å². The van der Waals surface area contributed by atoms with E-state index < -0.39 is 0 Å². The van der Waals surface area contributed by atoms with Gasteiger partial charge in [0.2, 0.25) is 0 Å². The molecule has 2 aromatic rings. The van der Waals surface area contributed by atoms with E-state index >= 15 is 0 Å². The van der Waals surface area contributed by atoms with Crippen molar-refractivity contribution in [2.24, 2.45) is 0 Å². The molecule has 2 rings (SSSR count). The molecular formula is C18H16Cl2N2O3. The van der Waals surface area contributed by atoms with Crippen LogP contribution >= 0.6 is 23.2 Å². The average Bonchev–Trinajstić information content (AvgIpc) is 2.59. The Morgan fingerprint density at radius 1 is 1.24 bits per heavy atom. The van der Waals surface area contributed by atoms with Gasteiger partial charge in [0.25, 0.3) is 5.91 Å². The highest BCUT2D eigenvalue weighted by atomic mass is 35.5. The van der Waals surface area contributed by atoms with Crippen LogP contribution in [-0.2, 0) is 4.79 Å². The molecule has 0 aromatic heterocycles. The molecule has 0 unspecified atom stereocenters. The maximum absolute atomic E-state index is 12.1. The van der Waals surface area contributed by atoms with Crippen LogP contribution in [0.4, 0.5) is 0 Å². The Morgan fingerprint density at radius 2 is 2.00 bits per heavy atom. The van der Waals surface area contributed by atoms with Crippen LogP contribution in [0.5, 0.6) is 11.5 Å². The standard InChI is InChI=1S/C18H16Cl2N2O3/c1-11(14-5-4-13(19)8-15(14)20)22-18(23)10-25-16-6-3-12(9-21)7-17(16)24-2/h3-8,11H,10H2,1-2H3,(H,22,23)/t11-/m1/s1. The second-order valence-corrected chi connectivity index (χ2v) is 6.06. The quantitative estimate of drug-likeness (QED) is 0.819. The third-order valence-corrected chi connectivity index (χ3v) is 4.02. The zero-order chi connectivity index (χ0) is 18.4. The van der Waals surface area contributed by atoms with Crippen molar-refractivity contribution >= 4 is 29.1 Å². The molecule has 0 heterocycles. The number of methoxy groups -OCH3 is 1. The highest BCUT2D eigenvalue weighted by Gasteiger charge is 2.14. The van der Waals surface area contributed by atoms with Crippen LogP contribution in [0.25, 0.3) is 0 Å². The van der Waals surface area contributed by atoms with Gasteiger partial charge in [-0.25, -0.2) is 0 Å². The summed E-state index contributed by atoms with van der Waals surface area (Å²) in [5.74, 6) is 0.458. The van der Waals surface area contributed by atoms with Gasteiger partial charge in [-0.2, -0.15) is 5.26 Å². The zero-order valence-electron chi connectivity index (χ0n) is 13.7. The largest absolute Gasteiger partial charge is 0.493 e. The molecule has 0 radical (unpaired) electrons. The molecule has 0 bridgehead atoms. The summed E-state index contributed by atoms with van der Waals surface area (Å²) in [5.41, 5.74) is 1.20. The molecule has 2 aromatic carbocycles. The number of carbonyl (C=O) groups is 1. The minimum absolute atomic E-state index is 0.197. The first-order valence-corrected chi connectivity index (χ1v) is 8.15. The molecule has 0 fully saturated rings. The molecular weight excluding hydrogens is 363 g/mol. The Labute approximate surface area is 156 Å². The first-order valence-electron chi connectivity index (χ1n) is 7.40. The fourth-order valence-electron chi connectivity index (χ4n) is 2.21. The third kappa shape index (κ3) is 5.02. The molecule has 0 aliphatic carbocycles. The number of ether oxygens (including phenoxy) is 2. The summed E-state index contributed by atoms with van der Waals surface area (Å²) in [5, 5.41) is 12.7. The number of nitriles is 1. The Balaban J connectivity index is 1.98. The zero-order valence-corrected chi connectivity index (χ0v) is 15.2. The number of benzene rings is 2. The summed E-state index contributed by atoms with van der Waals surface area (Å²) in [7, 11) is 1.47. The maximum Gasteiger partial charge on any atom is 0.258 e. The number of rotatable bonds is 6. The van der Waals surface area contributed by atoms with Crippen molar-refractivity contribution in [1.29, 1.82) is 5.26 Å². The van der Waals surface area contributed by atoms with E-state index in [1.165, 1.54) is 7.11 Å². The van der Waals surface area contributed by atoms with Gasteiger partial charge in [0.15, 0.2) is 18.1 Å². The first kappa shape index (κ1) is 18.9. The van der Waals surface area contributed by atoms with E-state index in [4.69, 9.17) is 37.9 Å². The third-order valence-electron chi connectivity index (χ3n) is 3.46. The molecule has 0 saturated heterocycles. The van der Waals surface area contributed by atoms with Gasteiger partial charge >= 0.3 is 0 Å². The van der Waals surface area contributed by atoms with Crippen LogP contribution in [0.1, 0.15) is 24.1 Å². The molecule has 0 saturated carbocycles.